The summed E-state index contributed by atoms with van der Waals surface area (Å²) in [5.74, 6) is -0.0885. The third-order valence-corrected chi connectivity index (χ3v) is 4.82. The summed E-state index contributed by atoms with van der Waals surface area (Å²) in [6.07, 6.45) is 5.60. The first-order chi connectivity index (χ1) is 10.7. The number of carbonyl (C=O) groups is 1. The molecule has 1 aromatic heterocycles. The summed E-state index contributed by atoms with van der Waals surface area (Å²) in [5.41, 5.74) is 2.13. The van der Waals surface area contributed by atoms with Gasteiger partial charge in [-0.05, 0) is 50.6 Å². The number of hydrogen-bond acceptors (Lipinski definition) is 4. The van der Waals surface area contributed by atoms with Crippen molar-refractivity contribution in [2.45, 2.75) is 32.7 Å². The maximum absolute atomic E-state index is 12.1. The molecule has 1 amide bonds. The lowest BCUT2D eigenvalue weighted by Crippen LogP contribution is -2.29. The second-order valence-corrected chi connectivity index (χ2v) is 6.97. The molecule has 0 unspecified atom stereocenters. The van der Waals surface area contributed by atoms with E-state index in [1.54, 1.807) is 6.20 Å². The van der Waals surface area contributed by atoms with Crippen LogP contribution >= 0.6 is 11.3 Å². The highest BCUT2D eigenvalue weighted by molar-refractivity contribution is 7.13. The molecule has 1 fully saturated rings. The van der Waals surface area contributed by atoms with Crippen molar-refractivity contribution in [2.75, 3.05) is 18.4 Å². The van der Waals surface area contributed by atoms with Gasteiger partial charge in [0, 0.05) is 12.2 Å². The molecule has 0 atom stereocenters. The Morgan fingerprint density at radius 1 is 1.23 bits per heavy atom. The maximum atomic E-state index is 12.1. The van der Waals surface area contributed by atoms with Gasteiger partial charge < -0.3 is 5.32 Å². The minimum absolute atomic E-state index is 0.0885. The smallest absolute Gasteiger partial charge is 0.267 e. The first-order valence-electron chi connectivity index (χ1n) is 7.76. The predicted molar refractivity (Wildman–Crippen MR) is 90.4 cm³/mol. The highest BCUT2D eigenvalue weighted by atomic mass is 32.1. The van der Waals surface area contributed by atoms with Gasteiger partial charge in [0.05, 0.1) is 11.2 Å². The number of aryl methyl sites for hydroxylation is 1. The highest BCUT2D eigenvalue weighted by Crippen LogP contribution is 2.17. The zero-order valence-corrected chi connectivity index (χ0v) is 13.7. The Bertz CT molecular complexity index is 630. The standard InChI is InChI=1S/C17H21N3OS/c1-13-18-11-16(22-13)17(21)19-15-7-5-14(6-8-15)12-20-9-3-2-4-10-20/h5-8,11H,2-4,9-10,12H2,1H3,(H,19,21). The molecule has 0 bridgehead atoms. The molecule has 2 heterocycles. The molecule has 116 valence electrons. The summed E-state index contributed by atoms with van der Waals surface area (Å²) in [4.78, 5) is 19.3. The molecular formula is C17H21N3OS. The first-order valence-corrected chi connectivity index (χ1v) is 8.57. The Morgan fingerprint density at radius 2 is 1.95 bits per heavy atom. The molecule has 1 aromatic carbocycles. The van der Waals surface area contributed by atoms with Crippen molar-refractivity contribution in [2.24, 2.45) is 0 Å². The molecule has 1 saturated heterocycles. The van der Waals surface area contributed by atoms with Crippen LogP contribution in [0.3, 0.4) is 0 Å². The second kappa shape index (κ2) is 7.03. The zero-order valence-electron chi connectivity index (χ0n) is 12.8. The number of nitrogens with one attached hydrogen (secondary N) is 1. The molecule has 0 saturated carbocycles. The Labute approximate surface area is 135 Å². The van der Waals surface area contributed by atoms with Crippen LogP contribution in [0.25, 0.3) is 0 Å². The average Bonchev–Trinajstić information content (AvgIpc) is 2.97. The molecule has 2 aromatic rings. The number of amides is 1. The first kappa shape index (κ1) is 15.2. The lowest BCUT2D eigenvalue weighted by molar-refractivity contribution is 0.103. The number of carbonyl (C=O) groups excluding carboxylic acids is 1. The summed E-state index contributed by atoms with van der Waals surface area (Å²) in [5, 5.41) is 3.82. The van der Waals surface area contributed by atoms with E-state index in [9.17, 15) is 4.79 Å². The van der Waals surface area contributed by atoms with Crippen molar-refractivity contribution in [1.29, 1.82) is 0 Å². The van der Waals surface area contributed by atoms with E-state index in [2.05, 4.69) is 27.3 Å². The Morgan fingerprint density at radius 3 is 2.59 bits per heavy atom. The van der Waals surface area contributed by atoms with E-state index in [1.165, 1.54) is 49.3 Å². The Kier molecular flexibility index (Phi) is 4.85. The lowest BCUT2D eigenvalue weighted by atomic mass is 10.1. The molecule has 1 N–H and O–H groups in total. The number of aromatic nitrogens is 1. The number of anilines is 1. The Hall–Kier alpha value is -1.72. The van der Waals surface area contributed by atoms with E-state index >= 15 is 0 Å². The number of piperidine rings is 1. The van der Waals surface area contributed by atoms with Gasteiger partial charge in [0.25, 0.3) is 5.91 Å². The van der Waals surface area contributed by atoms with Crippen LogP contribution in [0, 0.1) is 6.92 Å². The van der Waals surface area contributed by atoms with Crippen LogP contribution in [0.1, 0.15) is 39.5 Å². The summed E-state index contributed by atoms with van der Waals surface area (Å²) in [6, 6.07) is 8.15. The van der Waals surface area contributed by atoms with Crippen molar-refractivity contribution >= 4 is 22.9 Å². The largest absolute Gasteiger partial charge is 0.321 e. The van der Waals surface area contributed by atoms with E-state index in [1.807, 2.05) is 19.1 Å². The minimum atomic E-state index is -0.0885. The van der Waals surface area contributed by atoms with Gasteiger partial charge in [0.2, 0.25) is 0 Å². The van der Waals surface area contributed by atoms with Crippen molar-refractivity contribution in [1.82, 2.24) is 9.88 Å². The minimum Gasteiger partial charge on any atom is -0.321 e. The van der Waals surface area contributed by atoms with Gasteiger partial charge in [-0.1, -0.05) is 18.6 Å². The van der Waals surface area contributed by atoms with Crippen molar-refractivity contribution in [3.63, 3.8) is 0 Å². The van der Waals surface area contributed by atoms with Crippen LogP contribution < -0.4 is 5.32 Å². The van der Waals surface area contributed by atoms with E-state index < -0.39 is 0 Å². The molecule has 1 aliphatic heterocycles. The van der Waals surface area contributed by atoms with Crippen molar-refractivity contribution < 1.29 is 4.79 Å². The Balaban J connectivity index is 1.58. The van der Waals surface area contributed by atoms with Gasteiger partial charge in [-0.25, -0.2) is 4.98 Å². The van der Waals surface area contributed by atoms with Crippen LogP contribution in [0.15, 0.2) is 30.5 Å². The molecule has 0 aliphatic carbocycles. The fourth-order valence-electron chi connectivity index (χ4n) is 2.73. The molecule has 1 aliphatic rings. The third kappa shape index (κ3) is 3.93. The number of thiazole rings is 1. The molecule has 5 heteroatoms. The van der Waals surface area contributed by atoms with Crippen LogP contribution in [0.4, 0.5) is 5.69 Å². The maximum Gasteiger partial charge on any atom is 0.267 e. The second-order valence-electron chi connectivity index (χ2n) is 5.73. The monoisotopic (exact) mass is 315 g/mol. The molecule has 3 rings (SSSR count). The van der Waals surface area contributed by atoms with Crippen LogP contribution in [-0.4, -0.2) is 28.9 Å². The van der Waals surface area contributed by atoms with Crippen LogP contribution in [0.2, 0.25) is 0 Å². The van der Waals surface area contributed by atoms with Crippen molar-refractivity contribution in [3.05, 3.63) is 45.9 Å². The topological polar surface area (TPSA) is 45.2 Å². The van der Waals surface area contributed by atoms with Gasteiger partial charge in [0.15, 0.2) is 0 Å². The quantitative estimate of drug-likeness (QED) is 0.936. The molecule has 0 spiro atoms. The van der Waals surface area contributed by atoms with E-state index in [0.717, 1.165) is 17.2 Å². The van der Waals surface area contributed by atoms with Gasteiger partial charge >= 0.3 is 0 Å². The number of benzene rings is 1. The summed E-state index contributed by atoms with van der Waals surface area (Å²) in [6.45, 7) is 5.30. The van der Waals surface area contributed by atoms with Gasteiger partial charge in [-0.15, -0.1) is 11.3 Å². The van der Waals surface area contributed by atoms with E-state index in [0.29, 0.717) is 4.88 Å². The molecule has 4 nitrogen and oxygen atoms in total. The lowest BCUT2D eigenvalue weighted by Gasteiger charge is -2.26. The van der Waals surface area contributed by atoms with Crippen LogP contribution in [-0.2, 0) is 6.54 Å². The highest BCUT2D eigenvalue weighted by Gasteiger charge is 2.11. The van der Waals surface area contributed by atoms with E-state index in [4.69, 9.17) is 0 Å². The summed E-state index contributed by atoms with van der Waals surface area (Å²) in [7, 11) is 0. The molecule has 0 radical (unpaired) electrons. The van der Waals surface area contributed by atoms with Gasteiger partial charge in [-0.3, -0.25) is 9.69 Å². The number of hydrogen-bond donors (Lipinski definition) is 1. The number of likely N-dealkylation sites (tertiary alicyclic amines) is 1. The predicted octanol–water partition coefficient (Wildman–Crippen LogP) is 3.69. The number of rotatable bonds is 4. The fraction of sp³-hybridized carbons (Fsp3) is 0.412. The number of nitrogens with zero attached hydrogens (tertiary/aromatic N) is 2. The van der Waals surface area contributed by atoms with Gasteiger partial charge in [0.1, 0.15) is 4.88 Å². The van der Waals surface area contributed by atoms with Crippen molar-refractivity contribution in [3.8, 4) is 0 Å². The zero-order chi connectivity index (χ0) is 15.4. The normalized spacial score (nSPS) is 15.7. The third-order valence-electron chi connectivity index (χ3n) is 3.91. The summed E-state index contributed by atoms with van der Waals surface area (Å²) < 4.78 is 0. The van der Waals surface area contributed by atoms with Gasteiger partial charge in [-0.2, -0.15) is 0 Å². The summed E-state index contributed by atoms with van der Waals surface area (Å²) >= 11 is 1.41. The average molecular weight is 315 g/mol. The van der Waals surface area contributed by atoms with Crippen LogP contribution in [0.5, 0.6) is 0 Å². The molecular weight excluding hydrogens is 294 g/mol. The van der Waals surface area contributed by atoms with E-state index in [-0.39, 0.29) is 5.91 Å². The molecule has 22 heavy (non-hydrogen) atoms. The fourth-order valence-corrected chi connectivity index (χ4v) is 3.40. The SMILES string of the molecule is Cc1ncc(C(=O)Nc2ccc(CN3CCCCC3)cc2)s1.